The molecule has 5 nitrogen and oxygen atoms in total. The highest BCUT2D eigenvalue weighted by Gasteiger charge is 2.29. The van der Waals surface area contributed by atoms with Crippen LogP contribution in [-0.4, -0.2) is 35.4 Å². The molecule has 0 heterocycles. The van der Waals surface area contributed by atoms with Gasteiger partial charge in [0, 0.05) is 17.6 Å². The van der Waals surface area contributed by atoms with Gasteiger partial charge in [0.05, 0.1) is 10.0 Å². The number of nitrogens with zero attached hydrogens (tertiary/aromatic N) is 1. The molecule has 0 spiro atoms. The van der Waals surface area contributed by atoms with E-state index in [9.17, 15) is 9.59 Å². The summed E-state index contributed by atoms with van der Waals surface area (Å²) in [4.78, 5) is 27.3. The van der Waals surface area contributed by atoms with Crippen molar-refractivity contribution in [1.82, 2.24) is 10.2 Å². The monoisotopic (exact) mass is 470 g/mol. The Balaban J connectivity index is 2.23. The molecule has 0 saturated carbocycles. The number of amides is 2. The van der Waals surface area contributed by atoms with Crippen LogP contribution >= 0.6 is 34.8 Å². The number of nitrogens with one attached hydrogen (secondary N) is 1. The summed E-state index contributed by atoms with van der Waals surface area (Å²) >= 11 is 18.0. The first-order chi connectivity index (χ1) is 14.2. The fraction of sp³-hybridized carbons (Fsp3) is 0.364. The van der Waals surface area contributed by atoms with Gasteiger partial charge in [-0.25, -0.2) is 0 Å². The minimum absolute atomic E-state index is 0.0428. The third-order valence-electron chi connectivity index (χ3n) is 4.33. The zero-order valence-electron chi connectivity index (χ0n) is 17.1. The summed E-state index contributed by atoms with van der Waals surface area (Å²) in [5, 5.41) is 4.27. The Labute approximate surface area is 192 Å². The van der Waals surface area contributed by atoms with Crippen molar-refractivity contribution in [3.8, 4) is 5.75 Å². The number of hydrogen-bond acceptors (Lipinski definition) is 3. The second kappa shape index (κ2) is 11.4. The summed E-state index contributed by atoms with van der Waals surface area (Å²) in [7, 11) is 0. The van der Waals surface area contributed by atoms with E-state index in [4.69, 9.17) is 39.5 Å². The van der Waals surface area contributed by atoms with Crippen molar-refractivity contribution in [2.75, 3.05) is 6.61 Å². The van der Waals surface area contributed by atoms with Gasteiger partial charge < -0.3 is 15.0 Å². The molecule has 0 aromatic heterocycles. The van der Waals surface area contributed by atoms with Crippen LogP contribution in [-0.2, 0) is 16.1 Å². The van der Waals surface area contributed by atoms with Gasteiger partial charge in [-0.05, 0) is 62.2 Å². The van der Waals surface area contributed by atoms with Gasteiger partial charge in [-0.2, -0.15) is 0 Å². The maximum Gasteiger partial charge on any atom is 0.261 e. The molecular formula is C22H25Cl3N2O3. The van der Waals surface area contributed by atoms with Crippen LogP contribution in [0.25, 0.3) is 0 Å². The molecule has 2 aromatic carbocycles. The fourth-order valence-electron chi connectivity index (χ4n) is 2.89. The van der Waals surface area contributed by atoms with E-state index in [-0.39, 0.29) is 31.0 Å². The Morgan fingerprint density at radius 3 is 2.27 bits per heavy atom. The van der Waals surface area contributed by atoms with Gasteiger partial charge in [-0.15, -0.1) is 0 Å². The Kier molecular flexibility index (Phi) is 9.28. The molecule has 8 heteroatoms. The summed E-state index contributed by atoms with van der Waals surface area (Å²) < 4.78 is 5.61. The lowest BCUT2D eigenvalue weighted by molar-refractivity contribution is -0.143. The molecule has 30 heavy (non-hydrogen) atoms. The van der Waals surface area contributed by atoms with Crippen LogP contribution in [0.15, 0.2) is 42.5 Å². The highest BCUT2D eigenvalue weighted by atomic mass is 35.5. The van der Waals surface area contributed by atoms with Crippen molar-refractivity contribution in [2.45, 2.75) is 45.8 Å². The lowest BCUT2D eigenvalue weighted by atomic mass is 10.1. The molecule has 0 saturated heterocycles. The SMILES string of the molecule is CCC(C(=O)NC(C)C)N(Cc1ccc(Cl)c(Cl)c1)C(=O)COc1ccc(Cl)cc1. The molecule has 0 aliphatic heterocycles. The highest BCUT2D eigenvalue weighted by molar-refractivity contribution is 6.42. The minimum Gasteiger partial charge on any atom is -0.484 e. The van der Waals surface area contributed by atoms with E-state index < -0.39 is 6.04 Å². The van der Waals surface area contributed by atoms with Gasteiger partial charge in [0.25, 0.3) is 5.91 Å². The summed E-state index contributed by atoms with van der Waals surface area (Å²) in [6.07, 6.45) is 0.451. The summed E-state index contributed by atoms with van der Waals surface area (Å²) in [5.41, 5.74) is 0.764. The number of rotatable bonds is 9. The van der Waals surface area contributed by atoms with Gasteiger partial charge in [-0.3, -0.25) is 9.59 Å². The first-order valence-corrected chi connectivity index (χ1v) is 10.8. The van der Waals surface area contributed by atoms with Gasteiger partial charge >= 0.3 is 0 Å². The lowest BCUT2D eigenvalue weighted by Gasteiger charge is -2.31. The normalized spacial score (nSPS) is 11.8. The number of carbonyl (C=O) groups excluding carboxylic acids is 2. The van der Waals surface area contributed by atoms with Gasteiger partial charge in [0.2, 0.25) is 5.91 Å². The van der Waals surface area contributed by atoms with Crippen molar-refractivity contribution in [2.24, 2.45) is 0 Å². The molecule has 162 valence electrons. The lowest BCUT2D eigenvalue weighted by Crippen LogP contribution is -2.51. The van der Waals surface area contributed by atoms with E-state index in [1.807, 2.05) is 20.8 Å². The summed E-state index contributed by atoms with van der Waals surface area (Å²) in [6.45, 7) is 5.59. The minimum atomic E-state index is -0.650. The number of halogens is 3. The predicted octanol–water partition coefficient (Wildman–Crippen LogP) is 5.36. The van der Waals surface area contributed by atoms with E-state index >= 15 is 0 Å². The first kappa shape index (κ1) is 24.3. The molecule has 0 aliphatic carbocycles. The Morgan fingerprint density at radius 2 is 1.70 bits per heavy atom. The largest absolute Gasteiger partial charge is 0.484 e. The van der Waals surface area contributed by atoms with E-state index in [2.05, 4.69) is 5.32 Å². The standard InChI is InChI=1S/C22H25Cl3N2O3/c1-4-20(22(29)26-14(2)3)27(12-15-5-10-18(24)19(25)11-15)21(28)13-30-17-8-6-16(23)7-9-17/h5-11,14,20H,4,12-13H2,1-3H3,(H,26,29). The van der Waals surface area contributed by atoms with Crippen LogP contribution < -0.4 is 10.1 Å². The predicted molar refractivity (Wildman–Crippen MR) is 121 cm³/mol. The second-order valence-electron chi connectivity index (χ2n) is 7.10. The maximum absolute atomic E-state index is 13.1. The smallest absolute Gasteiger partial charge is 0.261 e. The van der Waals surface area contributed by atoms with Crippen molar-refractivity contribution in [3.05, 3.63) is 63.1 Å². The van der Waals surface area contributed by atoms with E-state index in [1.165, 1.54) is 4.90 Å². The quantitative estimate of drug-likeness (QED) is 0.536. The molecule has 0 radical (unpaired) electrons. The van der Waals surface area contributed by atoms with Crippen LogP contribution in [0.1, 0.15) is 32.8 Å². The molecular weight excluding hydrogens is 447 g/mol. The van der Waals surface area contributed by atoms with Crippen molar-refractivity contribution >= 4 is 46.6 Å². The molecule has 0 aliphatic rings. The molecule has 0 fully saturated rings. The first-order valence-electron chi connectivity index (χ1n) is 9.63. The zero-order chi connectivity index (χ0) is 22.3. The van der Waals surface area contributed by atoms with Gasteiger partial charge in [0.1, 0.15) is 11.8 Å². The topological polar surface area (TPSA) is 58.6 Å². The molecule has 0 bridgehead atoms. The number of hydrogen-bond donors (Lipinski definition) is 1. The number of ether oxygens (including phenoxy) is 1. The van der Waals surface area contributed by atoms with Crippen LogP contribution in [0.2, 0.25) is 15.1 Å². The average Bonchev–Trinajstić information content (AvgIpc) is 2.69. The van der Waals surface area contributed by atoms with Crippen LogP contribution in [0.3, 0.4) is 0 Å². The van der Waals surface area contributed by atoms with E-state index in [0.717, 1.165) is 5.56 Å². The van der Waals surface area contributed by atoms with Crippen LogP contribution in [0.5, 0.6) is 5.75 Å². The third-order valence-corrected chi connectivity index (χ3v) is 5.32. The van der Waals surface area contributed by atoms with Gasteiger partial charge in [-0.1, -0.05) is 47.8 Å². The molecule has 2 amide bonds. The second-order valence-corrected chi connectivity index (χ2v) is 8.35. The number of carbonyl (C=O) groups is 2. The Hall–Kier alpha value is -1.95. The molecule has 1 unspecified atom stereocenters. The summed E-state index contributed by atoms with van der Waals surface area (Å²) in [6, 6.07) is 11.2. The van der Waals surface area contributed by atoms with Crippen LogP contribution in [0, 0.1) is 0 Å². The zero-order valence-corrected chi connectivity index (χ0v) is 19.4. The molecule has 1 atom stereocenters. The van der Waals surface area contributed by atoms with Gasteiger partial charge in [0.15, 0.2) is 6.61 Å². The molecule has 2 aromatic rings. The number of benzene rings is 2. The summed E-state index contributed by atoms with van der Waals surface area (Å²) in [5.74, 6) is -0.0175. The third kappa shape index (κ3) is 7.08. The Morgan fingerprint density at radius 1 is 1.03 bits per heavy atom. The van der Waals surface area contributed by atoms with Crippen molar-refractivity contribution in [1.29, 1.82) is 0 Å². The van der Waals surface area contributed by atoms with E-state index in [0.29, 0.717) is 27.2 Å². The molecule has 2 rings (SSSR count). The van der Waals surface area contributed by atoms with Crippen molar-refractivity contribution < 1.29 is 14.3 Å². The fourth-order valence-corrected chi connectivity index (χ4v) is 3.34. The average molecular weight is 472 g/mol. The van der Waals surface area contributed by atoms with Crippen molar-refractivity contribution in [3.63, 3.8) is 0 Å². The van der Waals surface area contributed by atoms with E-state index in [1.54, 1.807) is 42.5 Å². The Bertz CT molecular complexity index is 872. The highest BCUT2D eigenvalue weighted by Crippen LogP contribution is 2.24. The van der Waals surface area contributed by atoms with Crippen LogP contribution in [0.4, 0.5) is 0 Å². The maximum atomic E-state index is 13.1. The molecule has 1 N–H and O–H groups in total.